The molecular weight excluding hydrogens is 280 g/mol. The number of nitrogens with zero attached hydrogens (tertiary/aromatic N) is 3. The molecule has 0 spiro atoms. The molecule has 5 heteroatoms. The van der Waals surface area contributed by atoms with Crippen LogP contribution in [0.2, 0.25) is 0 Å². The van der Waals surface area contributed by atoms with Crippen LogP contribution in [0.4, 0.5) is 5.13 Å². The molecule has 1 aromatic heterocycles. The second-order valence-electron chi connectivity index (χ2n) is 6.79. The summed E-state index contributed by atoms with van der Waals surface area (Å²) < 4.78 is 0. The monoisotopic (exact) mass is 306 g/mol. The Morgan fingerprint density at radius 1 is 1.05 bits per heavy atom. The lowest BCUT2D eigenvalue weighted by atomic mass is 9.99. The topological polar surface area (TPSA) is 45.4 Å². The maximum Gasteiger partial charge on any atom is 0.185 e. The average Bonchev–Trinajstić information content (AvgIpc) is 3.15. The van der Waals surface area contributed by atoms with Gasteiger partial charge in [0.2, 0.25) is 0 Å². The number of aromatic nitrogens is 1. The van der Waals surface area contributed by atoms with Crippen LogP contribution in [0.15, 0.2) is 0 Å². The summed E-state index contributed by atoms with van der Waals surface area (Å²) in [5.41, 5.74) is 7.42. The minimum Gasteiger partial charge on any atom is -0.346 e. The van der Waals surface area contributed by atoms with E-state index >= 15 is 0 Å². The van der Waals surface area contributed by atoms with E-state index in [2.05, 4.69) is 9.80 Å². The van der Waals surface area contributed by atoms with Crippen molar-refractivity contribution in [2.75, 3.05) is 31.1 Å². The van der Waals surface area contributed by atoms with E-state index in [1.54, 1.807) is 0 Å². The fourth-order valence-electron chi connectivity index (χ4n) is 4.07. The maximum atomic E-state index is 6.22. The van der Waals surface area contributed by atoms with Crippen molar-refractivity contribution in [2.24, 2.45) is 5.73 Å². The number of thiazole rings is 1. The Hall–Kier alpha value is -0.650. The van der Waals surface area contributed by atoms with Gasteiger partial charge in [0.05, 0.1) is 5.69 Å². The molecule has 3 heterocycles. The van der Waals surface area contributed by atoms with Gasteiger partial charge in [-0.3, -0.25) is 4.90 Å². The highest BCUT2D eigenvalue weighted by atomic mass is 32.1. The van der Waals surface area contributed by atoms with Crippen molar-refractivity contribution in [2.45, 2.75) is 57.0 Å². The number of likely N-dealkylation sites (tertiary alicyclic amines) is 1. The first-order valence-electron chi connectivity index (χ1n) is 8.55. The number of nitrogens with two attached hydrogens (primary N) is 1. The number of hydrogen-bond acceptors (Lipinski definition) is 5. The highest BCUT2D eigenvalue weighted by Crippen LogP contribution is 2.37. The van der Waals surface area contributed by atoms with Gasteiger partial charge in [0.25, 0.3) is 0 Å². The third-order valence-corrected chi connectivity index (χ3v) is 6.52. The van der Waals surface area contributed by atoms with Gasteiger partial charge in [-0.25, -0.2) is 4.98 Å². The van der Waals surface area contributed by atoms with Crippen LogP contribution in [0.1, 0.15) is 55.1 Å². The molecule has 0 bridgehead atoms. The summed E-state index contributed by atoms with van der Waals surface area (Å²) in [7, 11) is 0. The smallest absolute Gasteiger partial charge is 0.185 e. The van der Waals surface area contributed by atoms with Gasteiger partial charge >= 0.3 is 0 Å². The normalized spacial score (nSPS) is 30.6. The molecule has 0 amide bonds. The summed E-state index contributed by atoms with van der Waals surface area (Å²) >= 11 is 1.90. The summed E-state index contributed by atoms with van der Waals surface area (Å²) in [4.78, 5) is 11.6. The van der Waals surface area contributed by atoms with Crippen molar-refractivity contribution in [1.82, 2.24) is 9.88 Å². The van der Waals surface area contributed by atoms with Crippen LogP contribution >= 0.6 is 11.3 Å². The zero-order valence-electron chi connectivity index (χ0n) is 12.8. The van der Waals surface area contributed by atoms with E-state index in [4.69, 9.17) is 10.7 Å². The van der Waals surface area contributed by atoms with Crippen molar-refractivity contribution in [3.63, 3.8) is 0 Å². The molecule has 21 heavy (non-hydrogen) atoms. The lowest BCUT2D eigenvalue weighted by molar-refractivity contribution is 0.175. The van der Waals surface area contributed by atoms with Gasteiger partial charge in [0.1, 0.15) is 0 Å². The lowest BCUT2D eigenvalue weighted by Gasteiger charge is -2.32. The van der Waals surface area contributed by atoms with Crippen molar-refractivity contribution >= 4 is 16.5 Å². The number of aryl methyl sites for hydroxylation is 1. The third-order valence-electron chi connectivity index (χ3n) is 5.33. The van der Waals surface area contributed by atoms with Gasteiger partial charge in [-0.2, -0.15) is 0 Å². The maximum absolute atomic E-state index is 6.22. The van der Waals surface area contributed by atoms with Crippen molar-refractivity contribution in [3.8, 4) is 0 Å². The molecule has 0 saturated carbocycles. The SMILES string of the molecule is NC1CCCc2sc(N3CCC(N4CCCCC4)C3)nc21. The van der Waals surface area contributed by atoms with E-state index in [0.29, 0.717) is 0 Å². The fraction of sp³-hybridized carbons (Fsp3) is 0.812. The first kappa shape index (κ1) is 14.0. The molecule has 2 N–H and O–H groups in total. The fourth-order valence-corrected chi connectivity index (χ4v) is 5.28. The Bertz CT molecular complexity index is 494. The van der Waals surface area contributed by atoms with E-state index < -0.39 is 0 Å². The molecule has 2 aliphatic heterocycles. The molecule has 0 aromatic carbocycles. The van der Waals surface area contributed by atoms with Crippen LogP contribution in [0.3, 0.4) is 0 Å². The van der Waals surface area contributed by atoms with Crippen LogP contribution in [-0.4, -0.2) is 42.1 Å². The molecule has 1 aliphatic carbocycles. The minimum absolute atomic E-state index is 0.180. The third kappa shape index (κ3) is 2.71. The van der Waals surface area contributed by atoms with E-state index in [1.165, 1.54) is 80.4 Å². The van der Waals surface area contributed by atoms with E-state index in [-0.39, 0.29) is 6.04 Å². The average molecular weight is 306 g/mol. The second kappa shape index (κ2) is 5.86. The molecule has 2 saturated heterocycles. The first-order valence-corrected chi connectivity index (χ1v) is 9.37. The molecule has 4 rings (SSSR count). The van der Waals surface area contributed by atoms with E-state index in [1.807, 2.05) is 11.3 Å². The summed E-state index contributed by atoms with van der Waals surface area (Å²) in [5.74, 6) is 0. The van der Waals surface area contributed by atoms with Crippen molar-refractivity contribution in [1.29, 1.82) is 0 Å². The highest BCUT2D eigenvalue weighted by molar-refractivity contribution is 7.15. The van der Waals surface area contributed by atoms with E-state index in [9.17, 15) is 0 Å². The number of rotatable bonds is 2. The quantitative estimate of drug-likeness (QED) is 0.912. The second-order valence-corrected chi connectivity index (χ2v) is 7.85. The summed E-state index contributed by atoms with van der Waals surface area (Å²) in [5, 5.41) is 1.23. The highest BCUT2D eigenvalue weighted by Gasteiger charge is 2.31. The van der Waals surface area contributed by atoms with Gasteiger partial charge in [-0.15, -0.1) is 11.3 Å². The van der Waals surface area contributed by atoms with Crippen LogP contribution in [0.5, 0.6) is 0 Å². The zero-order valence-corrected chi connectivity index (χ0v) is 13.6. The predicted molar refractivity (Wildman–Crippen MR) is 88.0 cm³/mol. The van der Waals surface area contributed by atoms with Crippen molar-refractivity contribution in [3.05, 3.63) is 10.6 Å². The molecule has 0 radical (unpaired) electrons. The number of anilines is 1. The molecule has 2 fully saturated rings. The van der Waals surface area contributed by atoms with Crippen LogP contribution in [0.25, 0.3) is 0 Å². The summed E-state index contributed by atoms with van der Waals surface area (Å²) in [6.07, 6.45) is 9.01. The Morgan fingerprint density at radius 3 is 2.71 bits per heavy atom. The van der Waals surface area contributed by atoms with Crippen LogP contribution < -0.4 is 10.6 Å². The minimum atomic E-state index is 0.180. The number of hydrogen-bond donors (Lipinski definition) is 1. The molecular formula is C16H26N4S. The molecule has 116 valence electrons. The largest absolute Gasteiger partial charge is 0.346 e. The van der Waals surface area contributed by atoms with Gasteiger partial charge in [0, 0.05) is 30.1 Å². The van der Waals surface area contributed by atoms with Crippen molar-refractivity contribution < 1.29 is 0 Å². The zero-order chi connectivity index (χ0) is 14.2. The van der Waals surface area contributed by atoms with Crippen LogP contribution in [0, 0.1) is 0 Å². The molecule has 2 atom stereocenters. The first-order chi connectivity index (χ1) is 10.3. The molecule has 4 nitrogen and oxygen atoms in total. The van der Waals surface area contributed by atoms with Gasteiger partial charge in [0.15, 0.2) is 5.13 Å². The number of piperidine rings is 1. The Labute approximate surface area is 131 Å². The molecule has 3 aliphatic rings. The van der Waals surface area contributed by atoms with Gasteiger partial charge < -0.3 is 10.6 Å². The number of fused-ring (bicyclic) bond motifs is 1. The Kier molecular flexibility index (Phi) is 3.90. The summed E-state index contributed by atoms with van der Waals surface area (Å²) in [6.45, 7) is 4.94. The summed E-state index contributed by atoms with van der Waals surface area (Å²) in [6, 6.07) is 0.930. The predicted octanol–water partition coefficient (Wildman–Crippen LogP) is 2.54. The van der Waals surface area contributed by atoms with Gasteiger partial charge in [-0.05, 0) is 51.6 Å². The Balaban J connectivity index is 1.45. The lowest BCUT2D eigenvalue weighted by Crippen LogP contribution is -2.40. The van der Waals surface area contributed by atoms with E-state index in [0.717, 1.165) is 12.5 Å². The molecule has 2 unspecified atom stereocenters. The standard InChI is InChI=1S/C16H26N4S/c17-13-5-4-6-14-15(13)18-16(21-14)20-10-7-12(11-20)19-8-2-1-3-9-19/h12-13H,1-11,17H2. The van der Waals surface area contributed by atoms with Crippen LogP contribution in [-0.2, 0) is 6.42 Å². The van der Waals surface area contributed by atoms with Gasteiger partial charge in [-0.1, -0.05) is 6.42 Å². The Morgan fingerprint density at radius 2 is 1.90 bits per heavy atom. The molecule has 1 aromatic rings.